The van der Waals surface area contributed by atoms with Gasteiger partial charge in [0.1, 0.15) is 11.6 Å². The largest absolute Gasteiger partial charge is 0.367 e. The average molecular weight is 543 g/mol. The third kappa shape index (κ3) is 6.11. The minimum absolute atomic E-state index is 0.118. The quantitative estimate of drug-likeness (QED) is 0.491. The summed E-state index contributed by atoms with van der Waals surface area (Å²) in [4.78, 5) is 44.8. The van der Waals surface area contributed by atoms with E-state index in [0.717, 1.165) is 16.8 Å². The van der Waals surface area contributed by atoms with Gasteiger partial charge in [-0.3, -0.25) is 14.4 Å². The van der Waals surface area contributed by atoms with Gasteiger partial charge in [0, 0.05) is 74.8 Å². The number of piperazine rings is 1. The minimum Gasteiger partial charge on any atom is -0.367 e. The number of carbonyl (C=O) groups excluding carboxylic acids is 2. The summed E-state index contributed by atoms with van der Waals surface area (Å²) in [5, 5.41) is 5.22. The number of carbonyl (C=O) groups is 2. The third-order valence-corrected chi connectivity index (χ3v) is 6.75. The molecule has 1 fully saturated rings. The Hall–Kier alpha value is -4.19. The highest BCUT2D eigenvalue weighted by molar-refractivity contribution is 6.07. The van der Waals surface area contributed by atoms with Gasteiger partial charge in [-0.25, -0.2) is 18.2 Å². The molecule has 1 aliphatic rings. The number of hydrogen-bond donors (Lipinski definition) is 2. The van der Waals surface area contributed by atoms with Crippen LogP contribution in [0.5, 0.6) is 0 Å². The van der Waals surface area contributed by atoms with Crippen LogP contribution in [-0.2, 0) is 11.8 Å². The fourth-order valence-electron chi connectivity index (χ4n) is 4.42. The first kappa shape index (κ1) is 27.8. The van der Waals surface area contributed by atoms with Gasteiger partial charge in [-0.15, -0.1) is 0 Å². The van der Waals surface area contributed by atoms with Crippen LogP contribution in [0.3, 0.4) is 0 Å². The average Bonchev–Trinajstić information content (AvgIpc) is 2.88. The number of aromatic nitrogens is 2. The Kier molecular flexibility index (Phi) is 8.05. The second kappa shape index (κ2) is 11.3. The first-order chi connectivity index (χ1) is 18.4. The van der Waals surface area contributed by atoms with Gasteiger partial charge >= 0.3 is 0 Å². The Bertz CT molecular complexity index is 1460. The summed E-state index contributed by atoms with van der Waals surface area (Å²) >= 11 is 0. The number of halogens is 3. The van der Waals surface area contributed by atoms with Gasteiger partial charge in [0.05, 0.1) is 16.9 Å². The number of nitrogens with zero attached hydrogens (tertiary/aromatic N) is 4. The molecule has 1 aromatic carbocycles. The zero-order valence-corrected chi connectivity index (χ0v) is 22.0. The Balaban J connectivity index is 1.78. The van der Waals surface area contributed by atoms with Crippen LogP contribution in [0.1, 0.15) is 36.2 Å². The maximum absolute atomic E-state index is 15.5. The molecule has 2 amide bonds. The van der Waals surface area contributed by atoms with E-state index in [0.29, 0.717) is 30.9 Å². The molecule has 1 saturated heterocycles. The third-order valence-electron chi connectivity index (χ3n) is 6.75. The van der Waals surface area contributed by atoms with Crippen LogP contribution in [0.15, 0.2) is 47.5 Å². The lowest BCUT2D eigenvalue weighted by Gasteiger charge is -2.39. The number of benzene rings is 1. The van der Waals surface area contributed by atoms with Crippen LogP contribution in [-0.4, -0.2) is 59.0 Å². The van der Waals surface area contributed by atoms with Crippen LogP contribution in [0.4, 0.5) is 30.4 Å². The molecule has 2 N–H and O–H groups in total. The molecule has 1 aliphatic heterocycles. The molecule has 3 heterocycles. The number of amides is 2. The van der Waals surface area contributed by atoms with Crippen molar-refractivity contribution in [3.05, 3.63) is 70.0 Å². The summed E-state index contributed by atoms with van der Waals surface area (Å²) in [7, 11) is 3.34. The van der Waals surface area contributed by atoms with Gasteiger partial charge < -0.3 is 25.0 Å². The molecule has 2 aromatic heterocycles. The number of aryl methyl sites for hydroxylation is 1. The second-order valence-electron chi connectivity index (χ2n) is 9.58. The Morgan fingerprint density at radius 1 is 1.10 bits per heavy atom. The summed E-state index contributed by atoms with van der Waals surface area (Å²) in [6, 6.07) is 6.71. The van der Waals surface area contributed by atoms with Crippen molar-refractivity contribution in [1.82, 2.24) is 14.5 Å². The lowest BCUT2D eigenvalue weighted by molar-refractivity contribution is -0.114. The standard InChI is InChI=1S/C27H29F3N6O3/c1-15-13-36(8-7-34(15)3)23-11-21(28)18(17-5-6-24(31-12-17)32-16(2)37)9-22(23)33-27(39)20-14-35(4)25(38)10-19(20)26(29)30/h5-6,9-12,14-15,26H,7-8,13H2,1-4H3,(H,33,39)(H,31,32,37)/t15-/m0/s1. The van der Waals surface area contributed by atoms with E-state index in [1.807, 2.05) is 18.9 Å². The number of likely N-dealkylation sites (N-methyl/N-ethyl adjacent to an activating group) is 1. The molecule has 0 radical (unpaired) electrons. The predicted molar refractivity (Wildman–Crippen MR) is 143 cm³/mol. The molecule has 0 saturated carbocycles. The van der Waals surface area contributed by atoms with E-state index < -0.39 is 29.3 Å². The Morgan fingerprint density at radius 2 is 1.85 bits per heavy atom. The number of hydrogen-bond acceptors (Lipinski definition) is 6. The van der Waals surface area contributed by atoms with E-state index in [1.54, 1.807) is 6.07 Å². The van der Waals surface area contributed by atoms with Crippen LogP contribution >= 0.6 is 0 Å². The van der Waals surface area contributed by atoms with Crippen molar-refractivity contribution < 1.29 is 22.8 Å². The molecule has 0 unspecified atom stereocenters. The van der Waals surface area contributed by atoms with E-state index in [9.17, 15) is 23.2 Å². The normalized spacial score (nSPS) is 15.9. The van der Waals surface area contributed by atoms with Gasteiger partial charge in [0.25, 0.3) is 17.9 Å². The van der Waals surface area contributed by atoms with E-state index in [-0.39, 0.29) is 34.6 Å². The summed E-state index contributed by atoms with van der Waals surface area (Å²) in [5.74, 6) is -1.45. The van der Waals surface area contributed by atoms with Crippen LogP contribution < -0.4 is 21.1 Å². The fraction of sp³-hybridized carbons (Fsp3) is 0.333. The topological polar surface area (TPSA) is 99.6 Å². The lowest BCUT2D eigenvalue weighted by atomic mass is 10.0. The molecule has 3 aromatic rings. The van der Waals surface area contributed by atoms with Crippen molar-refractivity contribution in [3.8, 4) is 11.1 Å². The number of anilines is 3. The van der Waals surface area contributed by atoms with E-state index in [1.165, 1.54) is 38.4 Å². The molecule has 0 spiro atoms. The highest BCUT2D eigenvalue weighted by Crippen LogP contribution is 2.36. The summed E-state index contributed by atoms with van der Waals surface area (Å²) in [5.41, 5.74) is -0.613. The number of nitrogens with one attached hydrogen (secondary N) is 2. The number of pyridine rings is 2. The summed E-state index contributed by atoms with van der Waals surface area (Å²) < 4.78 is 44.0. The van der Waals surface area contributed by atoms with Crippen molar-refractivity contribution in [3.63, 3.8) is 0 Å². The molecule has 206 valence electrons. The van der Waals surface area contributed by atoms with Crippen LogP contribution in [0.2, 0.25) is 0 Å². The van der Waals surface area contributed by atoms with Gasteiger partial charge in [0.2, 0.25) is 5.91 Å². The first-order valence-electron chi connectivity index (χ1n) is 12.3. The van der Waals surface area contributed by atoms with Gasteiger partial charge in [0.15, 0.2) is 0 Å². The second-order valence-corrected chi connectivity index (χ2v) is 9.58. The van der Waals surface area contributed by atoms with Gasteiger partial charge in [-0.05, 0) is 38.2 Å². The molecule has 0 bridgehead atoms. The van der Waals surface area contributed by atoms with Crippen molar-refractivity contribution in [2.24, 2.45) is 7.05 Å². The lowest BCUT2D eigenvalue weighted by Crippen LogP contribution is -2.50. The maximum Gasteiger partial charge on any atom is 0.264 e. The number of rotatable bonds is 6. The van der Waals surface area contributed by atoms with E-state index >= 15 is 4.39 Å². The van der Waals surface area contributed by atoms with Crippen molar-refractivity contribution in [2.45, 2.75) is 26.3 Å². The molecular formula is C27H29F3N6O3. The molecule has 4 rings (SSSR count). The SMILES string of the molecule is CC(=O)Nc1ccc(-c2cc(NC(=O)c3cn(C)c(=O)cc3C(F)F)c(N3CCN(C)[C@@H](C)C3)cc2F)cn1. The summed E-state index contributed by atoms with van der Waals surface area (Å²) in [6.07, 6.45) is -0.602. The fourth-order valence-corrected chi connectivity index (χ4v) is 4.42. The summed E-state index contributed by atoms with van der Waals surface area (Å²) in [6.45, 7) is 5.16. The zero-order valence-electron chi connectivity index (χ0n) is 22.0. The molecular weight excluding hydrogens is 513 g/mol. The van der Waals surface area contributed by atoms with Crippen LogP contribution in [0, 0.1) is 5.82 Å². The maximum atomic E-state index is 15.5. The van der Waals surface area contributed by atoms with Gasteiger partial charge in [-0.1, -0.05) is 0 Å². The number of alkyl halides is 2. The first-order valence-corrected chi connectivity index (χ1v) is 12.3. The highest BCUT2D eigenvalue weighted by atomic mass is 19.3. The highest BCUT2D eigenvalue weighted by Gasteiger charge is 2.26. The molecule has 39 heavy (non-hydrogen) atoms. The predicted octanol–water partition coefficient (Wildman–Crippen LogP) is 3.88. The minimum atomic E-state index is -3.05. The smallest absolute Gasteiger partial charge is 0.264 e. The van der Waals surface area contributed by atoms with E-state index in [4.69, 9.17) is 0 Å². The van der Waals surface area contributed by atoms with E-state index in [2.05, 4.69) is 20.5 Å². The van der Waals surface area contributed by atoms with Crippen molar-refractivity contribution >= 4 is 29.0 Å². The Morgan fingerprint density at radius 3 is 2.46 bits per heavy atom. The van der Waals surface area contributed by atoms with Crippen molar-refractivity contribution in [1.29, 1.82) is 0 Å². The van der Waals surface area contributed by atoms with Crippen molar-refractivity contribution in [2.75, 3.05) is 42.2 Å². The van der Waals surface area contributed by atoms with Crippen LogP contribution in [0.25, 0.3) is 11.1 Å². The van der Waals surface area contributed by atoms with Gasteiger partial charge in [-0.2, -0.15) is 0 Å². The molecule has 9 nitrogen and oxygen atoms in total. The Labute approximate surface area is 223 Å². The zero-order chi connectivity index (χ0) is 28.4. The molecule has 0 aliphatic carbocycles. The monoisotopic (exact) mass is 542 g/mol. The molecule has 1 atom stereocenters. The molecule has 12 heteroatoms.